The van der Waals surface area contributed by atoms with Gasteiger partial charge in [-0.3, -0.25) is 4.90 Å². The largest absolute Gasteiger partial charge is 0.329 e. The third-order valence-electron chi connectivity index (χ3n) is 2.24. The van der Waals surface area contributed by atoms with Crippen LogP contribution < -0.4 is 11.5 Å². The van der Waals surface area contributed by atoms with Crippen molar-refractivity contribution in [2.75, 3.05) is 26.2 Å². The fraction of sp³-hybridized carbons (Fsp3) is 0.455. The van der Waals surface area contributed by atoms with Crippen molar-refractivity contribution in [3.05, 3.63) is 35.6 Å². The molecule has 4 N–H and O–H groups in total. The molecule has 0 heterocycles. The van der Waals surface area contributed by atoms with Crippen molar-refractivity contribution in [2.45, 2.75) is 6.54 Å². The van der Waals surface area contributed by atoms with Crippen LogP contribution in [0.15, 0.2) is 24.3 Å². The van der Waals surface area contributed by atoms with Crippen molar-refractivity contribution in [3.8, 4) is 0 Å². The topological polar surface area (TPSA) is 55.3 Å². The van der Waals surface area contributed by atoms with E-state index in [2.05, 4.69) is 4.90 Å². The van der Waals surface area contributed by atoms with E-state index < -0.39 is 0 Å². The van der Waals surface area contributed by atoms with Crippen LogP contribution in [0.1, 0.15) is 5.56 Å². The maximum absolute atomic E-state index is 13.3. The molecule has 0 saturated carbocycles. The summed E-state index contributed by atoms with van der Waals surface area (Å²) in [5.41, 5.74) is 11.6. The first kappa shape index (κ1) is 12.1. The number of rotatable bonds is 6. The van der Waals surface area contributed by atoms with E-state index in [9.17, 15) is 4.39 Å². The molecule has 0 aliphatic rings. The molecule has 1 aromatic carbocycles. The minimum atomic E-state index is -0.170. The zero-order chi connectivity index (χ0) is 11.1. The molecule has 0 unspecified atom stereocenters. The molecule has 0 spiro atoms. The van der Waals surface area contributed by atoms with E-state index in [0.29, 0.717) is 25.2 Å². The van der Waals surface area contributed by atoms with Crippen LogP contribution in [0.4, 0.5) is 4.39 Å². The molecule has 0 radical (unpaired) electrons. The Hall–Kier alpha value is -0.970. The highest BCUT2D eigenvalue weighted by molar-refractivity contribution is 5.17. The average molecular weight is 211 g/mol. The molecule has 0 aliphatic carbocycles. The van der Waals surface area contributed by atoms with E-state index in [-0.39, 0.29) is 5.82 Å². The zero-order valence-corrected chi connectivity index (χ0v) is 8.82. The number of nitrogens with two attached hydrogens (primary N) is 2. The van der Waals surface area contributed by atoms with Crippen molar-refractivity contribution < 1.29 is 4.39 Å². The van der Waals surface area contributed by atoms with Gasteiger partial charge in [0.2, 0.25) is 0 Å². The standard InChI is InChI=1S/C11H18FN3/c12-11-4-2-1-3-10(11)9-15(7-5-13)8-6-14/h1-4H,5-9,13-14H2. The van der Waals surface area contributed by atoms with Gasteiger partial charge in [-0.2, -0.15) is 0 Å². The number of halogens is 1. The fourth-order valence-electron chi connectivity index (χ4n) is 1.50. The fourth-order valence-corrected chi connectivity index (χ4v) is 1.50. The number of hydrogen-bond acceptors (Lipinski definition) is 3. The lowest BCUT2D eigenvalue weighted by Gasteiger charge is -2.20. The minimum absolute atomic E-state index is 0.170. The number of hydrogen-bond donors (Lipinski definition) is 2. The normalized spacial score (nSPS) is 10.9. The second-order valence-electron chi connectivity index (χ2n) is 3.44. The van der Waals surface area contributed by atoms with Crippen LogP contribution in [0.2, 0.25) is 0 Å². The molecular weight excluding hydrogens is 193 g/mol. The molecule has 15 heavy (non-hydrogen) atoms. The van der Waals surface area contributed by atoms with Crippen LogP contribution >= 0.6 is 0 Å². The Balaban J connectivity index is 2.60. The van der Waals surface area contributed by atoms with Crippen LogP contribution in [0, 0.1) is 5.82 Å². The van der Waals surface area contributed by atoms with Crippen molar-refractivity contribution in [1.82, 2.24) is 4.90 Å². The molecule has 1 aromatic rings. The lowest BCUT2D eigenvalue weighted by Crippen LogP contribution is -2.33. The second kappa shape index (κ2) is 6.50. The number of benzene rings is 1. The van der Waals surface area contributed by atoms with Gasteiger partial charge >= 0.3 is 0 Å². The quantitative estimate of drug-likeness (QED) is 0.722. The molecule has 0 fully saturated rings. The van der Waals surface area contributed by atoms with Crippen LogP contribution in [0.3, 0.4) is 0 Å². The van der Waals surface area contributed by atoms with Gasteiger partial charge in [-0.1, -0.05) is 18.2 Å². The van der Waals surface area contributed by atoms with Crippen molar-refractivity contribution in [1.29, 1.82) is 0 Å². The lowest BCUT2D eigenvalue weighted by molar-refractivity contribution is 0.276. The molecule has 3 nitrogen and oxygen atoms in total. The van der Waals surface area contributed by atoms with Gasteiger partial charge < -0.3 is 11.5 Å². The summed E-state index contributed by atoms with van der Waals surface area (Å²) in [6.45, 7) is 3.18. The first-order valence-corrected chi connectivity index (χ1v) is 5.14. The second-order valence-corrected chi connectivity index (χ2v) is 3.44. The van der Waals surface area contributed by atoms with E-state index in [1.807, 2.05) is 6.07 Å². The van der Waals surface area contributed by atoms with Gasteiger partial charge in [-0.25, -0.2) is 4.39 Å². The van der Waals surface area contributed by atoms with Crippen molar-refractivity contribution in [2.24, 2.45) is 11.5 Å². The molecule has 0 bridgehead atoms. The Morgan fingerprint density at radius 2 is 1.67 bits per heavy atom. The van der Waals surface area contributed by atoms with Gasteiger partial charge in [0.15, 0.2) is 0 Å². The first-order chi connectivity index (χ1) is 7.27. The van der Waals surface area contributed by atoms with Gasteiger partial charge in [0.25, 0.3) is 0 Å². The summed E-state index contributed by atoms with van der Waals surface area (Å²) in [7, 11) is 0. The molecule has 84 valence electrons. The van der Waals surface area contributed by atoms with Gasteiger partial charge in [0.1, 0.15) is 5.82 Å². The molecule has 0 saturated heterocycles. The third-order valence-corrected chi connectivity index (χ3v) is 2.24. The van der Waals surface area contributed by atoms with E-state index in [4.69, 9.17) is 11.5 Å². The molecular formula is C11H18FN3. The predicted octanol–water partition coefficient (Wildman–Crippen LogP) is 0.545. The van der Waals surface area contributed by atoms with Gasteiger partial charge in [0.05, 0.1) is 0 Å². The summed E-state index contributed by atoms with van der Waals surface area (Å²) >= 11 is 0. The predicted molar refractivity (Wildman–Crippen MR) is 59.8 cm³/mol. The monoisotopic (exact) mass is 211 g/mol. The number of nitrogens with zero attached hydrogens (tertiary/aromatic N) is 1. The van der Waals surface area contributed by atoms with Crippen LogP contribution in [0.5, 0.6) is 0 Å². The smallest absolute Gasteiger partial charge is 0.127 e. The molecule has 1 rings (SSSR count). The Morgan fingerprint density at radius 3 is 2.20 bits per heavy atom. The summed E-state index contributed by atoms with van der Waals surface area (Å²) in [4.78, 5) is 2.05. The molecule has 0 amide bonds. The average Bonchev–Trinajstić information content (AvgIpc) is 2.22. The van der Waals surface area contributed by atoms with Crippen LogP contribution in [-0.4, -0.2) is 31.1 Å². The molecule has 4 heteroatoms. The maximum atomic E-state index is 13.3. The Morgan fingerprint density at radius 1 is 1.07 bits per heavy atom. The summed E-state index contributed by atoms with van der Waals surface area (Å²) in [6, 6.07) is 6.78. The molecule has 0 atom stereocenters. The van der Waals surface area contributed by atoms with Crippen molar-refractivity contribution >= 4 is 0 Å². The van der Waals surface area contributed by atoms with Crippen molar-refractivity contribution in [3.63, 3.8) is 0 Å². The highest BCUT2D eigenvalue weighted by Crippen LogP contribution is 2.09. The Bertz CT molecular complexity index is 285. The summed E-state index contributed by atoms with van der Waals surface area (Å²) < 4.78 is 13.3. The first-order valence-electron chi connectivity index (χ1n) is 5.14. The van der Waals surface area contributed by atoms with Crippen LogP contribution in [0.25, 0.3) is 0 Å². The summed E-state index contributed by atoms with van der Waals surface area (Å²) in [5.74, 6) is -0.170. The SMILES string of the molecule is NCCN(CCN)Cc1ccccc1F. The van der Waals surface area contributed by atoms with E-state index in [1.54, 1.807) is 12.1 Å². The van der Waals surface area contributed by atoms with Gasteiger partial charge in [0, 0.05) is 38.3 Å². The lowest BCUT2D eigenvalue weighted by atomic mass is 10.2. The van der Waals surface area contributed by atoms with E-state index in [0.717, 1.165) is 13.1 Å². The minimum Gasteiger partial charge on any atom is -0.329 e. The van der Waals surface area contributed by atoms with E-state index in [1.165, 1.54) is 6.07 Å². The van der Waals surface area contributed by atoms with E-state index >= 15 is 0 Å². The maximum Gasteiger partial charge on any atom is 0.127 e. The van der Waals surface area contributed by atoms with Gasteiger partial charge in [-0.15, -0.1) is 0 Å². The highest BCUT2D eigenvalue weighted by Gasteiger charge is 2.07. The third kappa shape index (κ3) is 3.95. The molecule has 0 aromatic heterocycles. The molecule has 0 aliphatic heterocycles. The van der Waals surface area contributed by atoms with Gasteiger partial charge in [-0.05, 0) is 6.07 Å². The summed E-state index contributed by atoms with van der Waals surface area (Å²) in [6.07, 6.45) is 0. The Labute approximate surface area is 89.9 Å². The highest BCUT2D eigenvalue weighted by atomic mass is 19.1. The Kier molecular flexibility index (Phi) is 5.25. The van der Waals surface area contributed by atoms with Crippen LogP contribution in [-0.2, 0) is 6.54 Å². The zero-order valence-electron chi connectivity index (χ0n) is 8.82. The summed E-state index contributed by atoms with van der Waals surface area (Å²) in [5, 5.41) is 0.